The first kappa shape index (κ1) is 24.3. The van der Waals surface area contributed by atoms with Crippen molar-refractivity contribution < 1.29 is 9.53 Å². The van der Waals surface area contributed by atoms with E-state index >= 15 is 0 Å². The van der Waals surface area contributed by atoms with Crippen molar-refractivity contribution in [1.82, 2.24) is 24.9 Å². The van der Waals surface area contributed by atoms with Crippen molar-refractivity contribution in [3.63, 3.8) is 0 Å². The van der Waals surface area contributed by atoms with Crippen LogP contribution < -0.4 is 5.32 Å². The maximum atomic E-state index is 13.4. The summed E-state index contributed by atoms with van der Waals surface area (Å²) in [5.74, 6) is 0.165. The normalized spacial score (nSPS) is 25.8. The minimum absolute atomic E-state index is 0.165. The number of likely N-dealkylation sites (tertiary alicyclic amines) is 1. The van der Waals surface area contributed by atoms with Crippen LogP contribution in [0.15, 0.2) is 0 Å². The number of nitrogens with one attached hydrogen (secondary N) is 1. The van der Waals surface area contributed by atoms with Crippen LogP contribution in [0.25, 0.3) is 0 Å². The van der Waals surface area contributed by atoms with E-state index in [2.05, 4.69) is 21.8 Å². The molecule has 0 spiro atoms. The summed E-state index contributed by atoms with van der Waals surface area (Å²) in [6, 6.07) is 0.429. The van der Waals surface area contributed by atoms with Crippen LogP contribution in [0.1, 0.15) is 92.9 Å². The summed E-state index contributed by atoms with van der Waals surface area (Å²) >= 11 is 0. The molecule has 3 fully saturated rings. The molecule has 7 nitrogen and oxygen atoms in total. The van der Waals surface area contributed by atoms with Gasteiger partial charge in [-0.05, 0) is 51.4 Å². The molecule has 0 bridgehead atoms. The Balaban J connectivity index is 1.31. The summed E-state index contributed by atoms with van der Waals surface area (Å²) in [5, 5.41) is 8.92. The Labute approximate surface area is 205 Å². The first-order valence-electron chi connectivity index (χ1n) is 14.1. The second-order valence-corrected chi connectivity index (χ2v) is 11.1. The highest BCUT2D eigenvalue weighted by Crippen LogP contribution is 2.34. The topological polar surface area (TPSA) is 62.6 Å². The molecule has 1 aromatic heterocycles. The van der Waals surface area contributed by atoms with Crippen LogP contribution in [-0.4, -0.2) is 83.0 Å². The molecule has 0 aromatic carbocycles. The highest BCUT2D eigenvalue weighted by molar-refractivity contribution is 5.94. The molecule has 3 heterocycles. The summed E-state index contributed by atoms with van der Waals surface area (Å²) in [6.07, 6.45) is 14.4. The number of aromatic nitrogens is 2. The molecule has 4 aliphatic rings. The number of carbonyl (C=O) groups is 1. The molecule has 7 heteroatoms. The lowest BCUT2D eigenvalue weighted by atomic mass is 9.85. The van der Waals surface area contributed by atoms with E-state index in [-0.39, 0.29) is 11.4 Å². The highest BCUT2D eigenvalue weighted by Gasteiger charge is 2.39. The minimum Gasteiger partial charge on any atom is -0.379 e. The van der Waals surface area contributed by atoms with E-state index in [0.717, 1.165) is 96.7 Å². The molecular formula is C27H45N5O2. The Bertz CT molecular complexity index is 817. The van der Waals surface area contributed by atoms with E-state index in [0.29, 0.717) is 6.04 Å². The van der Waals surface area contributed by atoms with E-state index in [1.807, 2.05) is 4.90 Å². The first-order valence-corrected chi connectivity index (χ1v) is 14.1. The van der Waals surface area contributed by atoms with Crippen LogP contribution in [0.5, 0.6) is 0 Å². The van der Waals surface area contributed by atoms with Gasteiger partial charge < -0.3 is 15.0 Å². The monoisotopic (exact) mass is 471 g/mol. The van der Waals surface area contributed by atoms with E-state index < -0.39 is 0 Å². The van der Waals surface area contributed by atoms with Crippen molar-refractivity contribution in [3.8, 4) is 0 Å². The molecule has 1 N–H and O–H groups in total. The zero-order valence-corrected chi connectivity index (χ0v) is 21.3. The molecule has 1 amide bonds. The van der Waals surface area contributed by atoms with Crippen molar-refractivity contribution >= 4 is 5.91 Å². The Hall–Kier alpha value is -1.44. The van der Waals surface area contributed by atoms with Gasteiger partial charge >= 0.3 is 0 Å². The van der Waals surface area contributed by atoms with Gasteiger partial charge in [-0.25, -0.2) is 0 Å². The van der Waals surface area contributed by atoms with E-state index in [1.165, 1.54) is 49.8 Å². The Morgan fingerprint density at radius 3 is 2.50 bits per heavy atom. The Morgan fingerprint density at radius 1 is 1.06 bits per heavy atom. The number of aryl methyl sites for hydroxylation is 1. The molecule has 1 saturated carbocycles. The Morgan fingerprint density at radius 2 is 1.79 bits per heavy atom. The molecule has 1 aromatic rings. The largest absolute Gasteiger partial charge is 0.379 e. The molecule has 34 heavy (non-hydrogen) atoms. The molecule has 0 unspecified atom stereocenters. The van der Waals surface area contributed by atoms with Crippen molar-refractivity contribution in [1.29, 1.82) is 0 Å². The summed E-state index contributed by atoms with van der Waals surface area (Å²) in [6.45, 7) is 9.81. The number of carbonyl (C=O) groups excluding carboxylic acids is 1. The zero-order valence-electron chi connectivity index (χ0n) is 21.3. The van der Waals surface area contributed by atoms with Gasteiger partial charge in [0.15, 0.2) is 5.69 Å². The SMILES string of the molecule is CCCn1nc(C(=O)N2CCCC2)c2c1CC[C@@H](NCC1(N3CCOCC3)CCCCCC1)C2. The zero-order chi connectivity index (χ0) is 23.4. The van der Waals surface area contributed by atoms with Crippen molar-refractivity contribution in [2.75, 3.05) is 45.9 Å². The van der Waals surface area contributed by atoms with Crippen LogP contribution in [0.3, 0.4) is 0 Å². The number of morpholine rings is 1. The van der Waals surface area contributed by atoms with Gasteiger partial charge in [0.1, 0.15) is 0 Å². The standard InChI is InChI=1S/C27H45N5O2/c1-2-13-32-24-10-9-22(20-23(24)25(29-32)26(33)30-14-7-8-15-30)28-21-27(11-5-3-4-6-12-27)31-16-18-34-19-17-31/h22,28H,2-21H2,1H3/t22-/m1/s1. The van der Waals surface area contributed by atoms with E-state index in [9.17, 15) is 4.79 Å². The van der Waals surface area contributed by atoms with E-state index in [4.69, 9.17) is 9.84 Å². The average Bonchev–Trinajstić information content (AvgIpc) is 3.46. The predicted molar refractivity (Wildman–Crippen MR) is 134 cm³/mol. The van der Waals surface area contributed by atoms with Crippen molar-refractivity contribution in [2.45, 2.75) is 102 Å². The van der Waals surface area contributed by atoms with E-state index in [1.54, 1.807) is 0 Å². The van der Waals surface area contributed by atoms with Gasteiger partial charge in [-0.2, -0.15) is 5.10 Å². The summed E-state index contributed by atoms with van der Waals surface area (Å²) in [4.78, 5) is 18.1. The van der Waals surface area contributed by atoms with Gasteiger partial charge in [-0.3, -0.25) is 14.4 Å². The number of ether oxygens (including phenoxy) is 1. The second-order valence-electron chi connectivity index (χ2n) is 11.1. The van der Waals surface area contributed by atoms with Gasteiger partial charge in [0, 0.05) is 62.1 Å². The third-order valence-electron chi connectivity index (χ3n) is 8.81. The predicted octanol–water partition coefficient (Wildman–Crippen LogP) is 3.40. The summed E-state index contributed by atoms with van der Waals surface area (Å²) < 4.78 is 7.84. The quantitative estimate of drug-likeness (QED) is 0.618. The number of fused-ring (bicyclic) bond motifs is 1. The third kappa shape index (κ3) is 5.07. The fourth-order valence-electron chi connectivity index (χ4n) is 6.86. The first-order chi connectivity index (χ1) is 16.7. The van der Waals surface area contributed by atoms with Crippen molar-refractivity contribution in [3.05, 3.63) is 17.0 Å². The lowest BCUT2D eigenvalue weighted by Gasteiger charge is -2.46. The molecule has 190 valence electrons. The van der Waals surface area contributed by atoms with Gasteiger partial charge in [0.25, 0.3) is 5.91 Å². The molecule has 2 saturated heterocycles. The fourth-order valence-corrected chi connectivity index (χ4v) is 6.86. The van der Waals surface area contributed by atoms with Crippen LogP contribution in [-0.2, 0) is 24.1 Å². The maximum Gasteiger partial charge on any atom is 0.274 e. The van der Waals surface area contributed by atoms with Crippen LogP contribution in [0, 0.1) is 0 Å². The number of rotatable bonds is 7. The van der Waals surface area contributed by atoms with Gasteiger partial charge in [0.05, 0.1) is 13.2 Å². The van der Waals surface area contributed by atoms with Crippen LogP contribution in [0.4, 0.5) is 0 Å². The number of nitrogens with zero attached hydrogens (tertiary/aromatic N) is 4. The maximum absolute atomic E-state index is 13.4. The smallest absolute Gasteiger partial charge is 0.274 e. The number of hydrogen-bond acceptors (Lipinski definition) is 5. The van der Waals surface area contributed by atoms with Crippen LogP contribution >= 0.6 is 0 Å². The highest BCUT2D eigenvalue weighted by atomic mass is 16.5. The second kappa shape index (κ2) is 11.1. The lowest BCUT2D eigenvalue weighted by Crippen LogP contribution is -2.59. The Kier molecular flexibility index (Phi) is 7.91. The lowest BCUT2D eigenvalue weighted by molar-refractivity contribution is -0.0297. The molecule has 2 aliphatic heterocycles. The minimum atomic E-state index is 0.165. The summed E-state index contributed by atoms with van der Waals surface area (Å²) in [5.41, 5.74) is 3.56. The molecule has 0 radical (unpaired) electrons. The van der Waals surface area contributed by atoms with Gasteiger partial charge in [-0.1, -0.05) is 32.6 Å². The molecule has 2 aliphatic carbocycles. The summed E-state index contributed by atoms with van der Waals surface area (Å²) in [7, 11) is 0. The molecular weight excluding hydrogens is 426 g/mol. The third-order valence-corrected chi connectivity index (χ3v) is 8.81. The van der Waals surface area contributed by atoms with Gasteiger partial charge in [0.2, 0.25) is 0 Å². The fraction of sp³-hybridized carbons (Fsp3) is 0.852. The number of amides is 1. The van der Waals surface area contributed by atoms with Crippen LogP contribution in [0.2, 0.25) is 0 Å². The van der Waals surface area contributed by atoms with Crippen molar-refractivity contribution in [2.24, 2.45) is 0 Å². The molecule has 1 atom stereocenters. The average molecular weight is 472 g/mol. The van der Waals surface area contributed by atoms with Gasteiger partial charge in [-0.15, -0.1) is 0 Å². The number of hydrogen-bond donors (Lipinski definition) is 1. The molecule has 5 rings (SSSR count).